The molecule has 34 heavy (non-hydrogen) atoms. The van der Waals surface area contributed by atoms with Gasteiger partial charge in [-0.3, -0.25) is 14.2 Å². The first-order chi connectivity index (χ1) is 16.5. The summed E-state index contributed by atoms with van der Waals surface area (Å²) in [6.07, 6.45) is 0. The molecule has 0 saturated carbocycles. The molecule has 0 saturated heterocycles. The Bertz CT molecular complexity index is 1260. The van der Waals surface area contributed by atoms with Crippen molar-refractivity contribution in [3.05, 3.63) is 90.7 Å². The fourth-order valence-electron chi connectivity index (χ4n) is 3.16. The van der Waals surface area contributed by atoms with Crippen LogP contribution in [0, 0.1) is 5.82 Å². The van der Waals surface area contributed by atoms with Crippen LogP contribution in [0.15, 0.2) is 90.1 Å². The van der Waals surface area contributed by atoms with Crippen LogP contribution < -0.4 is 4.90 Å². The van der Waals surface area contributed by atoms with Crippen LogP contribution in [0.4, 0.5) is 10.1 Å². The molecule has 4 aromatic rings. The summed E-state index contributed by atoms with van der Waals surface area (Å²) in [6.45, 7) is -0.364. The second-order valence-corrected chi connectivity index (χ2v) is 8.16. The van der Waals surface area contributed by atoms with Gasteiger partial charge in [0.15, 0.2) is 17.6 Å². The summed E-state index contributed by atoms with van der Waals surface area (Å²) in [5, 5.41) is 8.95. The van der Waals surface area contributed by atoms with Crippen LogP contribution in [-0.4, -0.2) is 46.0 Å². The smallest absolute Gasteiger partial charge is 0.316 e. The van der Waals surface area contributed by atoms with E-state index in [0.717, 1.165) is 17.4 Å². The van der Waals surface area contributed by atoms with Gasteiger partial charge in [0, 0.05) is 24.0 Å². The first-order valence-corrected chi connectivity index (χ1v) is 11.4. The number of para-hydroxylation sites is 2. The molecule has 172 valence electrons. The van der Waals surface area contributed by atoms with Crippen molar-refractivity contribution in [3.63, 3.8) is 0 Å². The highest BCUT2D eigenvalue weighted by atomic mass is 32.2. The lowest BCUT2D eigenvalue weighted by Gasteiger charge is -2.17. The number of aromatic nitrogens is 3. The number of esters is 1. The highest BCUT2D eigenvalue weighted by Gasteiger charge is 2.19. The minimum Gasteiger partial charge on any atom is -0.455 e. The van der Waals surface area contributed by atoms with E-state index < -0.39 is 5.97 Å². The number of carbonyl (C=O) groups excluding carboxylic acids is 2. The fraction of sp³-hybridized carbons (Fsp3) is 0.120. The molecule has 0 aliphatic rings. The Morgan fingerprint density at radius 1 is 0.941 bits per heavy atom. The van der Waals surface area contributed by atoms with E-state index in [2.05, 4.69) is 10.2 Å². The van der Waals surface area contributed by atoms with E-state index >= 15 is 0 Å². The number of hydrogen-bond donors (Lipinski definition) is 0. The van der Waals surface area contributed by atoms with E-state index in [1.165, 1.54) is 17.0 Å². The Morgan fingerprint density at radius 3 is 2.26 bits per heavy atom. The van der Waals surface area contributed by atoms with Crippen LogP contribution in [0.3, 0.4) is 0 Å². The zero-order chi connectivity index (χ0) is 23.9. The van der Waals surface area contributed by atoms with Crippen LogP contribution in [0.2, 0.25) is 0 Å². The number of likely N-dealkylation sites (N-methyl/N-ethyl adjacent to an activating group) is 1. The maximum Gasteiger partial charge on any atom is 0.316 e. The molecule has 7 nitrogen and oxygen atoms in total. The zero-order valence-corrected chi connectivity index (χ0v) is 19.1. The number of benzene rings is 3. The summed E-state index contributed by atoms with van der Waals surface area (Å²) in [5.41, 5.74) is 2.19. The summed E-state index contributed by atoms with van der Waals surface area (Å²) >= 11 is 1.14. The maximum atomic E-state index is 13.4. The molecule has 0 unspecified atom stereocenters. The first kappa shape index (κ1) is 23.2. The number of carbonyl (C=O) groups is 2. The molecule has 0 aliphatic carbocycles. The molecule has 9 heteroatoms. The monoisotopic (exact) mass is 476 g/mol. The molecule has 0 atom stereocenters. The Morgan fingerprint density at radius 2 is 1.59 bits per heavy atom. The molecule has 1 heterocycles. The van der Waals surface area contributed by atoms with Gasteiger partial charge in [-0.1, -0.05) is 48.2 Å². The van der Waals surface area contributed by atoms with Gasteiger partial charge < -0.3 is 9.64 Å². The Kier molecular flexibility index (Phi) is 7.34. The Balaban J connectivity index is 1.44. The van der Waals surface area contributed by atoms with Crippen molar-refractivity contribution < 1.29 is 18.7 Å². The average molecular weight is 477 g/mol. The molecule has 4 rings (SSSR count). The molecule has 3 aromatic carbocycles. The summed E-state index contributed by atoms with van der Waals surface area (Å²) in [6, 6.07) is 24.5. The molecule has 0 radical (unpaired) electrons. The third-order valence-electron chi connectivity index (χ3n) is 4.94. The molecule has 1 amide bonds. The quantitative estimate of drug-likeness (QED) is 0.278. The van der Waals surface area contributed by atoms with Gasteiger partial charge in [-0.25, -0.2) is 4.39 Å². The van der Waals surface area contributed by atoms with Crippen molar-refractivity contribution in [1.29, 1.82) is 0 Å². The molecule has 0 aliphatic heterocycles. The van der Waals surface area contributed by atoms with Gasteiger partial charge in [-0.2, -0.15) is 0 Å². The lowest BCUT2D eigenvalue weighted by atomic mass is 10.2. The Labute approximate surface area is 200 Å². The average Bonchev–Trinajstić information content (AvgIpc) is 3.31. The molecular formula is C25H21FN4O3S. The lowest BCUT2D eigenvalue weighted by Crippen LogP contribution is -2.31. The SMILES string of the molecule is CN(C(=O)COC(=O)CSc1nnc(-c2ccc(F)cc2)n1-c1ccccc1)c1ccccc1. The number of nitrogens with zero attached hydrogens (tertiary/aromatic N) is 4. The molecule has 0 bridgehead atoms. The van der Waals surface area contributed by atoms with Crippen molar-refractivity contribution in [2.75, 3.05) is 24.3 Å². The zero-order valence-electron chi connectivity index (χ0n) is 18.3. The van der Waals surface area contributed by atoms with Crippen LogP contribution in [0.25, 0.3) is 17.1 Å². The van der Waals surface area contributed by atoms with Crippen LogP contribution in [0.5, 0.6) is 0 Å². The van der Waals surface area contributed by atoms with E-state index in [1.54, 1.807) is 35.9 Å². The normalized spacial score (nSPS) is 10.6. The number of halogens is 1. The van der Waals surface area contributed by atoms with Crippen LogP contribution >= 0.6 is 11.8 Å². The summed E-state index contributed by atoms with van der Waals surface area (Å²) in [7, 11) is 1.62. The summed E-state index contributed by atoms with van der Waals surface area (Å²) < 4.78 is 20.4. The van der Waals surface area contributed by atoms with Crippen LogP contribution in [-0.2, 0) is 14.3 Å². The fourth-order valence-corrected chi connectivity index (χ4v) is 3.91. The minimum absolute atomic E-state index is 0.0588. The van der Waals surface area contributed by atoms with E-state index in [9.17, 15) is 14.0 Å². The largest absolute Gasteiger partial charge is 0.455 e. The van der Waals surface area contributed by atoms with Crippen LogP contribution in [0.1, 0.15) is 0 Å². The second kappa shape index (κ2) is 10.8. The van der Waals surface area contributed by atoms with Gasteiger partial charge in [0.1, 0.15) is 5.82 Å². The van der Waals surface area contributed by atoms with E-state index in [1.807, 2.05) is 48.5 Å². The molecule has 0 N–H and O–H groups in total. The summed E-state index contributed by atoms with van der Waals surface area (Å²) in [4.78, 5) is 26.1. The lowest BCUT2D eigenvalue weighted by molar-refractivity contribution is -0.145. The minimum atomic E-state index is -0.550. The van der Waals surface area contributed by atoms with Gasteiger partial charge in [-0.15, -0.1) is 10.2 Å². The number of ether oxygens (including phenoxy) is 1. The third-order valence-corrected chi connectivity index (χ3v) is 5.85. The predicted molar refractivity (Wildman–Crippen MR) is 128 cm³/mol. The number of rotatable bonds is 8. The number of hydrogen-bond acceptors (Lipinski definition) is 6. The van der Waals surface area contributed by atoms with E-state index in [0.29, 0.717) is 22.2 Å². The predicted octanol–water partition coefficient (Wildman–Crippen LogP) is 4.37. The van der Waals surface area contributed by atoms with Gasteiger partial charge in [-0.05, 0) is 48.5 Å². The van der Waals surface area contributed by atoms with Gasteiger partial charge in [0.25, 0.3) is 5.91 Å². The summed E-state index contributed by atoms with van der Waals surface area (Å²) in [5.74, 6) is -0.779. The Hall–Kier alpha value is -3.98. The molecule has 1 aromatic heterocycles. The number of anilines is 1. The van der Waals surface area contributed by atoms with Gasteiger partial charge in [0.2, 0.25) is 0 Å². The first-order valence-electron chi connectivity index (χ1n) is 10.4. The van der Waals surface area contributed by atoms with E-state index in [-0.39, 0.29) is 24.1 Å². The van der Waals surface area contributed by atoms with Crippen molar-refractivity contribution in [2.45, 2.75) is 5.16 Å². The van der Waals surface area contributed by atoms with Gasteiger partial charge >= 0.3 is 5.97 Å². The van der Waals surface area contributed by atoms with Crippen molar-refractivity contribution in [3.8, 4) is 17.1 Å². The highest BCUT2D eigenvalue weighted by Crippen LogP contribution is 2.28. The number of thioether (sulfide) groups is 1. The molecule has 0 fully saturated rings. The maximum absolute atomic E-state index is 13.4. The van der Waals surface area contributed by atoms with Gasteiger partial charge in [0.05, 0.1) is 5.75 Å². The molecule has 0 spiro atoms. The third kappa shape index (κ3) is 5.49. The topological polar surface area (TPSA) is 77.3 Å². The number of amides is 1. The standard InChI is InChI=1S/C25H21FN4O3S/c1-29(20-8-4-2-5-9-20)22(31)16-33-23(32)17-34-25-28-27-24(18-12-14-19(26)15-13-18)30(25)21-10-6-3-7-11-21/h2-15H,16-17H2,1H3. The van der Waals surface area contributed by atoms with Crippen molar-refractivity contribution in [1.82, 2.24) is 14.8 Å². The van der Waals surface area contributed by atoms with Crippen molar-refractivity contribution in [2.24, 2.45) is 0 Å². The highest BCUT2D eigenvalue weighted by molar-refractivity contribution is 7.99. The second-order valence-electron chi connectivity index (χ2n) is 7.22. The molecular weight excluding hydrogens is 455 g/mol. The van der Waals surface area contributed by atoms with Crippen molar-refractivity contribution >= 4 is 29.3 Å². The van der Waals surface area contributed by atoms with E-state index in [4.69, 9.17) is 4.74 Å².